The Balaban J connectivity index is 1.94. The molecule has 0 N–H and O–H groups in total. The fourth-order valence-corrected chi connectivity index (χ4v) is 3.24. The smallest absolute Gasteiger partial charge is 0.235 e. The minimum absolute atomic E-state index is 0.0589. The molecule has 1 fully saturated rings. The number of nitrogens with zero attached hydrogens (tertiary/aromatic N) is 3. The number of aryl methyl sites for hydroxylation is 1. The molecule has 0 bridgehead atoms. The van der Waals surface area contributed by atoms with Gasteiger partial charge in [-0.3, -0.25) is 4.79 Å². The highest BCUT2D eigenvalue weighted by molar-refractivity contribution is 8.00. The quantitative estimate of drug-likeness (QED) is 0.788. The lowest BCUT2D eigenvalue weighted by Gasteiger charge is -2.32. The minimum Gasteiger partial charge on any atom is -0.341 e. The number of aromatic nitrogens is 2. The van der Waals surface area contributed by atoms with E-state index in [-0.39, 0.29) is 11.2 Å². The van der Waals surface area contributed by atoms with Crippen LogP contribution < -0.4 is 0 Å². The molecule has 1 aromatic heterocycles. The summed E-state index contributed by atoms with van der Waals surface area (Å²) in [6.45, 7) is 6.01. The van der Waals surface area contributed by atoms with Gasteiger partial charge in [0.15, 0.2) is 5.16 Å². The Morgan fingerprint density at radius 1 is 1.61 bits per heavy atom. The molecular formula is C13H21N3OS. The molecule has 5 heteroatoms. The largest absolute Gasteiger partial charge is 0.341 e. The van der Waals surface area contributed by atoms with Gasteiger partial charge in [-0.2, -0.15) is 0 Å². The monoisotopic (exact) mass is 267 g/mol. The van der Waals surface area contributed by atoms with Crippen LogP contribution in [0.4, 0.5) is 0 Å². The number of imidazole rings is 1. The van der Waals surface area contributed by atoms with Gasteiger partial charge in [-0.15, -0.1) is 0 Å². The topological polar surface area (TPSA) is 38.1 Å². The molecule has 2 atom stereocenters. The van der Waals surface area contributed by atoms with Crippen molar-refractivity contribution < 1.29 is 4.79 Å². The molecule has 1 aromatic rings. The van der Waals surface area contributed by atoms with Gasteiger partial charge in [0.25, 0.3) is 0 Å². The Morgan fingerprint density at radius 3 is 3.00 bits per heavy atom. The number of amides is 1. The summed E-state index contributed by atoms with van der Waals surface area (Å²) < 4.78 is 1.95. The summed E-state index contributed by atoms with van der Waals surface area (Å²) in [7, 11) is 1.95. The third kappa shape index (κ3) is 3.07. The molecule has 1 aliphatic heterocycles. The van der Waals surface area contributed by atoms with Gasteiger partial charge in [-0.1, -0.05) is 18.7 Å². The summed E-state index contributed by atoms with van der Waals surface area (Å²) in [5, 5.41) is 0.845. The zero-order chi connectivity index (χ0) is 13.1. The molecule has 0 aromatic carbocycles. The number of hydrogen-bond donors (Lipinski definition) is 0. The van der Waals surface area contributed by atoms with Crippen LogP contribution >= 0.6 is 11.8 Å². The Kier molecular flexibility index (Phi) is 4.32. The fourth-order valence-electron chi connectivity index (χ4n) is 2.32. The van der Waals surface area contributed by atoms with Crippen molar-refractivity contribution in [2.24, 2.45) is 13.0 Å². The Morgan fingerprint density at radius 2 is 2.39 bits per heavy atom. The van der Waals surface area contributed by atoms with Crippen LogP contribution in [0.2, 0.25) is 0 Å². The van der Waals surface area contributed by atoms with Crippen LogP contribution in [0.1, 0.15) is 26.7 Å². The number of hydrogen-bond acceptors (Lipinski definition) is 3. The van der Waals surface area contributed by atoms with E-state index in [4.69, 9.17) is 0 Å². The second-order valence-corrected chi connectivity index (χ2v) is 6.42. The number of carbonyl (C=O) groups is 1. The second-order valence-electron chi connectivity index (χ2n) is 5.11. The van der Waals surface area contributed by atoms with Gasteiger partial charge in [-0.05, 0) is 25.7 Å². The first-order chi connectivity index (χ1) is 8.58. The van der Waals surface area contributed by atoms with Crippen molar-refractivity contribution in [3.8, 4) is 0 Å². The van der Waals surface area contributed by atoms with E-state index in [0.717, 1.165) is 24.7 Å². The Labute approximate surface area is 113 Å². The summed E-state index contributed by atoms with van der Waals surface area (Å²) in [5.74, 6) is 0.877. The molecule has 18 heavy (non-hydrogen) atoms. The number of rotatable bonds is 3. The first-order valence-electron chi connectivity index (χ1n) is 6.50. The third-order valence-corrected chi connectivity index (χ3v) is 4.54. The van der Waals surface area contributed by atoms with Crippen molar-refractivity contribution in [2.75, 3.05) is 13.1 Å². The molecule has 2 unspecified atom stereocenters. The first-order valence-corrected chi connectivity index (χ1v) is 7.38. The van der Waals surface area contributed by atoms with Crippen LogP contribution in [0.15, 0.2) is 17.6 Å². The standard InChI is InChI=1S/C13H21N3OS/c1-10-5-4-7-16(9-10)12(17)11(2)18-13-14-6-8-15(13)3/h6,8,10-11H,4-5,7,9H2,1-3H3. The van der Waals surface area contributed by atoms with Gasteiger partial charge in [0, 0.05) is 32.5 Å². The molecule has 100 valence electrons. The Hall–Kier alpha value is -0.970. The Bertz CT molecular complexity index is 418. The molecule has 1 aliphatic rings. The van der Waals surface area contributed by atoms with E-state index in [0.29, 0.717) is 5.92 Å². The predicted molar refractivity (Wildman–Crippen MR) is 73.5 cm³/mol. The van der Waals surface area contributed by atoms with Gasteiger partial charge < -0.3 is 9.47 Å². The first kappa shape index (κ1) is 13.5. The van der Waals surface area contributed by atoms with Crippen molar-refractivity contribution in [1.82, 2.24) is 14.5 Å². The number of piperidine rings is 1. The zero-order valence-electron chi connectivity index (χ0n) is 11.3. The molecule has 2 heterocycles. The van der Waals surface area contributed by atoms with Crippen LogP contribution in [-0.2, 0) is 11.8 Å². The van der Waals surface area contributed by atoms with E-state index in [1.54, 1.807) is 18.0 Å². The summed E-state index contributed by atoms with van der Waals surface area (Å²) in [6, 6.07) is 0. The van der Waals surface area contributed by atoms with Crippen LogP contribution in [0.5, 0.6) is 0 Å². The summed E-state index contributed by atoms with van der Waals surface area (Å²) in [4.78, 5) is 18.6. The van der Waals surface area contributed by atoms with Crippen LogP contribution in [0.3, 0.4) is 0 Å². The van der Waals surface area contributed by atoms with Crippen LogP contribution in [-0.4, -0.2) is 38.7 Å². The van der Waals surface area contributed by atoms with Crippen molar-refractivity contribution in [3.05, 3.63) is 12.4 Å². The lowest BCUT2D eigenvalue weighted by atomic mass is 10.0. The number of carbonyl (C=O) groups excluding carboxylic acids is 1. The van der Waals surface area contributed by atoms with Crippen LogP contribution in [0.25, 0.3) is 0 Å². The van der Waals surface area contributed by atoms with Gasteiger partial charge in [-0.25, -0.2) is 4.98 Å². The van der Waals surface area contributed by atoms with Crippen molar-refractivity contribution in [2.45, 2.75) is 37.1 Å². The maximum Gasteiger partial charge on any atom is 0.235 e. The van der Waals surface area contributed by atoms with E-state index in [1.807, 2.05) is 29.6 Å². The molecular weight excluding hydrogens is 246 g/mol. The molecule has 1 saturated heterocycles. The molecule has 1 amide bonds. The normalized spacial score (nSPS) is 21.9. The zero-order valence-corrected chi connectivity index (χ0v) is 12.1. The highest BCUT2D eigenvalue weighted by atomic mass is 32.2. The molecule has 2 rings (SSSR count). The summed E-state index contributed by atoms with van der Waals surface area (Å²) >= 11 is 1.54. The molecule has 0 spiro atoms. The van der Waals surface area contributed by atoms with Gasteiger partial charge in [0.05, 0.1) is 5.25 Å². The van der Waals surface area contributed by atoms with Crippen molar-refractivity contribution >= 4 is 17.7 Å². The molecule has 0 saturated carbocycles. The maximum atomic E-state index is 12.3. The van der Waals surface area contributed by atoms with Crippen LogP contribution in [0, 0.1) is 5.92 Å². The fraction of sp³-hybridized carbons (Fsp3) is 0.692. The van der Waals surface area contributed by atoms with E-state index in [2.05, 4.69) is 11.9 Å². The lowest BCUT2D eigenvalue weighted by molar-refractivity contribution is -0.131. The maximum absolute atomic E-state index is 12.3. The molecule has 4 nitrogen and oxygen atoms in total. The second kappa shape index (κ2) is 5.78. The van der Waals surface area contributed by atoms with E-state index >= 15 is 0 Å². The number of thioether (sulfide) groups is 1. The van der Waals surface area contributed by atoms with E-state index < -0.39 is 0 Å². The predicted octanol–water partition coefficient (Wildman–Crippen LogP) is 2.16. The summed E-state index contributed by atoms with van der Waals surface area (Å²) in [5.41, 5.74) is 0. The van der Waals surface area contributed by atoms with Gasteiger partial charge in [0.1, 0.15) is 0 Å². The molecule has 0 aliphatic carbocycles. The average Bonchev–Trinajstić information content (AvgIpc) is 2.74. The number of likely N-dealkylation sites (tertiary alicyclic amines) is 1. The van der Waals surface area contributed by atoms with Gasteiger partial charge >= 0.3 is 0 Å². The van der Waals surface area contributed by atoms with Crippen molar-refractivity contribution in [3.63, 3.8) is 0 Å². The SMILES string of the molecule is CC1CCCN(C(=O)C(C)Sc2nccn2C)C1. The lowest BCUT2D eigenvalue weighted by Crippen LogP contribution is -2.42. The van der Waals surface area contributed by atoms with E-state index in [9.17, 15) is 4.79 Å². The highest BCUT2D eigenvalue weighted by Crippen LogP contribution is 2.24. The summed E-state index contributed by atoms with van der Waals surface area (Å²) in [6.07, 6.45) is 6.04. The molecule has 0 radical (unpaired) electrons. The van der Waals surface area contributed by atoms with E-state index in [1.165, 1.54) is 6.42 Å². The third-order valence-electron chi connectivity index (χ3n) is 3.38. The van der Waals surface area contributed by atoms with Gasteiger partial charge in [0.2, 0.25) is 5.91 Å². The minimum atomic E-state index is -0.0589. The van der Waals surface area contributed by atoms with Crippen molar-refractivity contribution in [1.29, 1.82) is 0 Å². The highest BCUT2D eigenvalue weighted by Gasteiger charge is 2.26. The average molecular weight is 267 g/mol.